The second kappa shape index (κ2) is 6.50. The first kappa shape index (κ1) is 13.0. The molecule has 96 valence electrons. The van der Waals surface area contributed by atoms with Crippen LogP contribution in [0.3, 0.4) is 0 Å². The summed E-state index contributed by atoms with van der Waals surface area (Å²) in [5.41, 5.74) is 0. The lowest BCUT2D eigenvalue weighted by Gasteiger charge is -2.33. The van der Waals surface area contributed by atoms with E-state index in [4.69, 9.17) is 4.74 Å². The summed E-state index contributed by atoms with van der Waals surface area (Å²) in [5.74, 6) is 0. The van der Waals surface area contributed by atoms with Crippen molar-refractivity contribution in [3.63, 3.8) is 0 Å². The predicted molar refractivity (Wildman–Crippen MR) is 72.6 cm³/mol. The van der Waals surface area contributed by atoms with Gasteiger partial charge in [-0.1, -0.05) is 0 Å². The maximum atomic E-state index is 5.43. The van der Waals surface area contributed by atoms with Gasteiger partial charge in [0, 0.05) is 42.0 Å². The molecule has 17 heavy (non-hydrogen) atoms. The highest BCUT2D eigenvalue weighted by Crippen LogP contribution is 2.14. The van der Waals surface area contributed by atoms with Crippen LogP contribution in [0.5, 0.6) is 0 Å². The maximum absolute atomic E-state index is 5.43. The van der Waals surface area contributed by atoms with Crippen molar-refractivity contribution in [1.82, 2.24) is 10.2 Å². The summed E-state index contributed by atoms with van der Waals surface area (Å²) in [7, 11) is 0. The Balaban J connectivity index is 1.62. The van der Waals surface area contributed by atoms with Gasteiger partial charge in [-0.15, -0.1) is 11.3 Å². The molecule has 0 bridgehead atoms. The molecule has 1 saturated heterocycles. The van der Waals surface area contributed by atoms with Crippen LogP contribution in [-0.2, 0) is 11.3 Å². The van der Waals surface area contributed by atoms with Gasteiger partial charge in [0.05, 0.1) is 13.2 Å². The van der Waals surface area contributed by atoms with Crippen LogP contribution in [0, 0.1) is 6.92 Å². The van der Waals surface area contributed by atoms with Gasteiger partial charge in [-0.2, -0.15) is 0 Å². The molecule has 3 nitrogen and oxygen atoms in total. The first-order chi connectivity index (χ1) is 8.25. The lowest BCUT2D eigenvalue weighted by atomic mass is 10.2. The zero-order valence-electron chi connectivity index (χ0n) is 10.7. The lowest BCUT2D eigenvalue weighted by Crippen LogP contribution is -2.46. The topological polar surface area (TPSA) is 24.5 Å². The van der Waals surface area contributed by atoms with Crippen molar-refractivity contribution >= 4 is 11.3 Å². The molecule has 1 aromatic heterocycles. The first-order valence-corrected chi connectivity index (χ1v) is 7.15. The highest BCUT2D eigenvalue weighted by molar-refractivity contribution is 7.11. The second-order valence-electron chi connectivity index (χ2n) is 4.65. The van der Waals surface area contributed by atoms with E-state index < -0.39 is 0 Å². The van der Waals surface area contributed by atoms with E-state index in [9.17, 15) is 0 Å². The number of morpholine rings is 1. The van der Waals surface area contributed by atoms with Crippen molar-refractivity contribution < 1.29 is 4.74 Å². The smallest absolute Gasteiger partial charge is 0.0619 e. The summed E-state index contributed by atoms with van der Waals surface area (Å²) in [6.45, 7) is 10.4. The summed E-state index contributed by atoms with van der Waals surface area (Å²) in [6, 6.07) is 4.96. The Kier molecular flexibility index (Phi) is 4.98. The summed E-state index contributed by atoms with van der Waals surface area (Å²) in [5, 5.41) is 3.51. The molecule has 1 fully saturated rings. The predicted octanol–water partition coefficient (Wildman–Crippen LogP) is 1.87. The Morgan fingerprint density at radius 2 is 2.41 bits per heavy atom. The van der Waals surface area contributed by atoms with Crippen LogP contribution in [0.4, 0.5) is 0 Å². The third kappa shape index (κ3) is 4.07. The maximum Gasteiger partial charge on any atom is 0.0619 e. The monoisotopic (exact) mass is 254 g/mol. The Labute approximate surface area is 108 Å². The molecule has 0 radical (unpaired) electrons. The average molecular weight is 254 g/mol. The van der Waals surface area contributed by atoms with Crippen LogP contribution in [0.25, 0.3) is 0 Å². The molecule has 1 aliphatic heterocycles. The van der Waals surface area contributed by atoms with Crippen LogP contribution in [-0.4, -0.2) is 43.8 Å². The molecule has 1 aromatic rings. The molecule has 0 saturated carbocycles. The zero-order valence-corrected chi connectivity index (χ0v) is 11.6. The van der Waals surface area contributed by atoms with Crippen molar-refractivity contribution in [1.29, 1.82) is 0 Å². The Morgan fingerprint density at radius 3 is 3.12 bits per heavy atom. The average Bonchev–Trinajstić information content (AvgIpc) is 2.73. The molecule has 0 aromatic carbocycles. The molecule has 0 spiro atoms. The number of thiophene rings is 1. The van der Waals surface area contributed by atoms with Gasteiger partial charge in [0.2, 0.25) is 0 Å². The van der Waals surface area contributed by atoms with Crippen molar-refractivity contribution in [2.75, 3.05) is 32.8 Å². The fourth-order valence-corrected chi connectivity index (χ4v) is 2.97. The normalized spacial score (nSPS) is 21.9. The molecule has 0 aliphatic carbocycles. The molecular weight excluding hydrogens is 232 g/mol. The SMILES string of the molecule is Cc1ccc(CNCCN2CCOCC2C)s1. The molecule has 0 amide bonds. The third-order valence-corrected chi connectivity index (χ3v) is 4.18. The molecule has 1 atom stereocenters. The zero-order chi connectivity index (χ0) is 12.1. The van der Waals surface area contributed by atoms with E-state index in [-0.39, 0.29) is 0 Å². The molecular formula is C13H22N2OS. The van der Waals surface area contributed by atoms with Gasteiger partial charge in [-0.3, -0.25) is 4.90 Å². The summed E-state index contributed by atoms with van der Waals surface area (Å²) in [6.07, 6.45) is 0. The number of hydrogen-bond donors (Lipinski definition) is 1. The van der Waals surface area contributed by atoms with Crippen LogP contribution >= 0.6 is 11.3 Å². The number of nitrogens with zero attached hydrogens (tertiary/aromatic N) is 1. The summed E-state index contributed by atoms with van der Waals surface area (Å²) >= 11 is 1.88. The van der Waals surface area contributed by atoms with E-state index in [0.717, 1.165) is 39.4 Å². The van der Waals surface area contributed by atoms with Gasteiger partial charge in [0.1, 0.15) is 0 Å². The van der Waals surface area contributed by atoms with Crippen molar-refractivity contribution in [2.45, 2.75) is 26.4 Å². The molecule has 1 N–H and O–H groups in total. The van der Waals surface area contributed by atoms with E-state index in [1.165, 1.54) is 9.75 Å². The van der Waals surface area contributed by atoms with E-state index in [2.05, 4.69) is 36.2 Å². The first-order valence-electron chi connectivity index (χ1n) is 6.33. The molecule has 2 heterocycles. The minimum absolute atomic E-state index is 0.564. The van der Waals surface area contributed by atoms with E-state index in [1.54, 1.807) is 0 Å². The number of nitrogens with one attached hydrogen (secondary N) is 1. The van der Waals surface area contributed by atoms with Crippen molar-refractivity contribution in [3.05, 3.63) is 21.9 Å². The van der Waals surface area contributed by atoms with Crippen molar-refractivity contribution in [3.8, 4) is 0 Å². The third-order valence-electron chi connectivity index (χ3n) is 3.18. The molecule has 1 unspecified atom stereocenters. The Hall–Kier alpha value is -0.420. The Morgan fingerprint density at radius 1 is 1.53 bits per heavy atom. The quantitative estimate of drug-likeness (QED) is 0.812. The lowest BCUT2D eigenvalue weighted by molar-refractivity contribution is 0.000411. The van der Waals surface area contributed by atoms with Gasteiger partial charge in [0.15, 0.2) is 0 Å². The van der Waals surface area contributed by atoms with Gasteiger partial charge < -0.3 is 10.1 Å². The fraction of sp³-hybridized carbons (Fsp3) is 0.692. The second-order valence-corrected chi connectivity index (χ2v) is 6.02. The van der Waals surface area contributed by atoms with E-state index >= 15 is 0 Å². The number of aryl methyl sites for hydroxylation is 1. The Bertz CT molecular complexity index is 340. The van der Waals surface area contributed by atoms with Crippen molar-refractivity contribution in [2.24, 2.45) is 0 Å². The molecule has 1 aliphatic rings. The minimum atomic E-state index is 0.564. The summed E-state index contributed by atoms with van der Waals surface area (Å²) < 4.78 is 5.43. The van der Waals surface area contributed by atoms with Crippen LogP contribution in [0.2, 0.25) is 0 Å². The summed E-state index contributed by atoms with van der Waals surface area (Å²) in [4.78, 5) is 5.32. The van der Waals surface area contributed by atoms with Gasteiger partial charge in [-0.05, 0) is 26.0 Å². The fourth-order valence-electron chi connectivity index (χ4n) is 2.11. The van der Waals surface area contributed by atoms with Crippen LogP contribution in [0.15, 0.2) is 12.1 Å². The van der Waals surface area contributed by atoms with Crippen LogP contribution < -0.4 is 5.32 Å². The number of rotatable bonds is 5. The highest BCUT2D eigenvalue weighted by Gasteiger charge is 2.17. The number of ether oxygens (including phenoxy) is 1. The van der Waals surface area contributed by atoms with Gasteiger partial charge in [-0.25, -0.2) is 0 Å². The standard InChI is InChI=1S/C13H22N2OS/c1-11-10-16-8-7-15(11)6-5-14-9-13-4-3-12(2)17-13/h3-4,11,14H,5-10H2,1-2H3. The van der Waals surface area contributed by atoms with Gasteiger partial charge in [0.25, 0.3) is 0 Å². The van der Waals surface area contributed by atoms with Crippen LogP contribution in [0.1, 0.15) is 16.7 Å². The molecule has 4 heteroatoms. The van der Waals surface area contributed by atoms with E-state index in [1.807, 2.05) is 11.3 Å². The minimum Gasteiger partial charge on any atom is -0.379 e. The largest absolute Gasteiger partial charge is 0.379 e. The van der Waals surface area contributed by atoms with Gasteiger partial charge >= 0.3 is 0 Å². The number of hydrogen-bond acceptors (Lipinski definition) is 4. The van der Waals surface area contributed by atoms with E-state index in [0.29, 0.717) is 6.04 Å². The highest BCUT2D eigenvalue weighted by atomic mass is 32.1. The molecule has 2 rings (SSSR count).